The van der Waals surface area contributed by atoms with Gasteiger partial charge < -0.3 is 9.47 Å². The van der Waals surface area contributed by atoms with E-state index in [9.17, 15) is 22.8 Å². The Kier molecular flexibility index (Phi) is 7.41. The van der Waals surface area contributed by atoms with Gasteiger partial charge in [0.25, 0.3) is 5.56 Å². The predicted molar refractivity (Wildman–Crippen MR) is 142 cm³/mol. The molecule has 5 rings (SSSR count). The molecule has 9 nitrogen and oxygen atoms in total. The van der Waals surface area contributed by atoms with Gasteiger partial charge in [-0.2, -0.15) is 13.2 Å². The highest BCUT2D eigenvalue weighted by molar-refractivity contribution is 7.09. The van der Waals surface area contributed by atoms with E-state index in [1.54, 1.807) is 24.3 Å². The Balaban J connectivity index is 1.65. The number of hydrogen-bond donors (Lipinski definition) is 0. The molecule has 0 saturated carbocycles. The molecule has 0 atom stereocenters. The predicted octanol–water partition coefficient (Wildman–Crippen LogP) is 5.16. The van der Waals surface area contributed by atoms with Gasteiger partial charge in [0.05, 0.1) is 41.3 Å². The van der Waals surface area contributed by atoms with Gasteiger partial charge in [0, 0.05) is 29.7 Å². The van der Waals surface area contributed by atoms with Gasteiger partial charge in [-0.15, -0.1) is 11.3 Å². The summed E-state index contributed by atoms with van der Waals surface area (Å²) in [6.45, 7) is -0.486. The van der Waals surface area contributed by atoms with E-state index in [-0.39, 0.29) is 39.3 Å². The van der Waals surface area contributed by atoms with Crippen molar-refractivity contribution < 1.29 is 22.6 Å². The van der Waals surface area contributed by atoms with Crippen molar-refractivity contribution in [3.8, 4) is 34.1 Å². The van der Waals surface area contributed by atoms with Crippen LogP contribution < -0.4 is 20.7 Å². The zero-order chi connectivity index (χ0) is 28.4. The first-order valence-corrected chi connectivity index (χ1v) is 12.6. The summed E-state index contributed by atoms with van der Waals surface area (Å²) in [4.78, 5) is 38.3. The number of thiazole rings is 1. The molecule has 204 valence electrons. The number of aromatic nitrogens is 5. The third kappa shape index (κ3) is 5.33. The number of pyridine rings is 2. The zero-order valence-electron chi connectivity index (χ0n) is 20.4. The monoisotopic (exact) mass is 587 g/mol. The SMILES string of the molecule is COc1ncccc1-c1cn(-c2cc(Cl)cc(OCc3ncsc3C(F)(F)F)c2)c(=O)n(-c2cccnc2)c1=O. The largest absolute Gasteiger partial charge is 0.487 e. The first-order valence-electron chi connectivity index (χ1n) is 11.4. The third-order valence-corrected chi connectivity index (χ3v) is 6.79. The highest BCUT2D eigenvalue weighted by atomic mass is 35.5. The van der Waals surface area contributed by atoms with Crippen molar-refractivity contribution in [3.05, 3.63) is 109 Å². The average Bonchev–Trinajstić information content (AvgIpc) is 3.42. The minimum absolute atomic E-state index is 0.0770. The molecule has 0 radical (unpaired) electrons. The first kappa shape index (κ1) is 27.1. The van der Waals surface area contributed by atoms with Crippen LogP contribution in [0.25, 0.3) is 22.5 Å². The van der Waals surface area contributed by atoms with Crippen LogP contribution in [0.3, 0.4) is 0 Å². The molecule has 14 heteroatoms. The molecule has 0 aliphatic heterocycles. The van der Waals surface area contributed by atoms with Crippen LogP contribution in [0, 0.1) is 0 Å². The number of alkyl halides is 3. The summed E-state index contributed by atoms with van der Waals surface area (Å²) in [5.41, 5.74) is 0.184. The van der Waals surface area contributed by atoms with Crippen molar-refractivity contribution in [2.75, 3.05) is 7.11 Å². The molecular weight excluding hydrogens is 571 g/mol. The van der Waals surface area contributed by atoms with Gasteiger partial charge in [0.15, 0.2) is 0 Å². The summed E-state index contributed by atoms with van der Waals surface area (Å²) >= 11 is 6.77. The second kappa shape index (κ2) is 10.9. The smallest absolute Gasteiger partial charge is 0.427 e. The number of ether oxygens (including phenoxy) is 2. The number of halogens is 4. The topological polar surface area (TPSA) is 101 Å². The summed E-state index contributed by atoms with van der Waals surface area (Å²) < 4.78 is 52.8. The second-order valence-corrected chi connectivity index (χ2v) is 9.46. The van der Waals surface area contributed by atoms with Gasteiger partial charge in [0.2, 0.25) is 5.88 Å². The van der Waals surface area contributed by atoms with Crippen molar-refractivity contribution in [1.29, 1.82) is 0 Å². The Morgan fingerprint density at radius 2 is 1.82 bits per heavy atom. The molecule has 0 spiro atoms. The second-order valence-electron chi connectivity index (χ2n) is 8.17. The van der Waals surface area contributed by atoms with Crippen LogP contribution in [0.4, 0.5) is 13.2 Å². The fraction of sp³-hybridized carbons (Fsp3) is 0.115. The van der Waals surface area contributed by atoms with Crippen molar-refractivity contribution in [3.63, 3.8) is 0 Å². The quantitative estimate of drug-likeness (QED) is 0.259. The lowest BCUT2D eigenvalue weighted by Gasteiger charge is -2.16. The minimum Gasteiger partial charge on any atom is -0.487 e. The Bertz CT molecular complexity index is 1810. The fourth-order valence-corrected chi connectivity index (χ4v) is 4.81. The molecular formula is C26H17ClF3N5O4S. The van der Waals surface area contributed by atoms with Gasteiger partial charge in [-0.25, -0.2) is 19.3 Å². The molecule has 0 fully saturated rings. The molecule has 40 heavy (non-hydrogen) atoms. The Morgan fingerprint density at radius 1 is 1.02 bits per heavy atom. The molecule has 4 aromatic heterocycles. The van der Waals surface area contributed by atoms with Crippen molar-refractivity contribution in [1.82, 2.24) is 24.1 Å². The first-order chi connectivity index (χ1) is 19.2. The standard InChI is InChI=1S/C26H17ClF3N5O4S/c1-38-23-19(5-3-7-32-23)20-12-34(25(37)35(24(20)36)16-4-2-6-31-11-16)17-8-15(27)9-18(10-17)39-13-21-22(26(28,29)30)40-14-33-21/h2-12,14H,13H2,1H3. The Morgan fingerprint density at radius 3 is 2.55 bits per heavy atom. The number of rotatable bonds is 7. The summed E-state index contributed by atoms with van der Waals surface area (Å²) in [5.74, 6) is 0.233. The van der Waals surface area contributed by atoms with E-state index in [0.717, 1.165) is 10.1 Å². The van der Waals surface area contributed by atoms with Gasteiger partial charge in [-0.1, -0.05) is 11.6 Å². The average molecular weight is 588 g/mol. The zero-order valence-corrected chi connectivity index (χ0v) is 22.0. The van der Waals surface area contributed by atoms with Crippen LogP contribution in [0.15, 0.2) is 82.4 Å². The molecule has 0 aliphatic carbocycles. The van der Waals surface area contributed by atoms with Crippen molar-refractivity contribution in [2.45, 2.75) is 12.8 Å². The summed E-state index contributed by atoms with van der Waals surface area (Å²) in [7, 11) is 1.40. The van der Waals surface area contributed by atoms with E-state index < -0.39 is 28.9 Å². The fourth-order valence-electron chi connectivity index (χ4n) is 3.92. The van der Waals surface area contributed by atoms with Crippen molar-refractivity contribution >= 4 is 22.9 Å². The van der Waals surface area contributed by atoms with Crippen LogP contribution in [-0.4, -0.2) is 31.2 Å². The van der Waals surface area contributed by atoms with Gasteiger partial charge in [0.1, 0.15) is 22.9 Å². The minimum atomic E-state index is -4.57. The molecule has 0 saturated heterocycles. The summed E-state index contributed by atoms with van der Waals surface area (Å²) in [6.07, 6.45) is 1.08. The van der Waals surface area contributed by atoms with E-state index in [4.69, 9.17) is 21.1 Å². The number of methoxy groups -OCH3 is 1. The lowest BCUT2D eigenvalue weighted by molar-refractivity contribution is -0.135. The third-order valence-electron chi connectivity index (χ3n) is 5.66. The number of nitrogens with zero attached hydrogens (tertiary/aromatic N) is 5. The lowest BCUT2D eigenvalue weighted by Crippen LogP contribution is -2.38. The van der Waals surface area contributed by atoms with E-state index in [1.807, 2.05) is 0 Å². The molecule has 0 aliphatic rings. The normalized spacial score (nSPS) is 11.4. The van der Waals surface area contributed by atoms with Crippen LogP contribution in [-0.2, 0) is 12.8 Å². The van der Waals surface area contributed by atoms with Gasteiger partial charge in [-0.05, 0) is 36.4 Å². The maximum absolute atomic E-state index is 13.7. The molecule has 4 heterocycles. The maximum atomic E-state index is 13.7. The molecule has 5 aromatic rings. The molecule has 0 unspecified atom stereocenters. The van der Waals surface area contributed by atoms with Crippen LogP contribution >= 0.6 is 22.9 Å². The summed E-state index contributed by atoms with van der Waals surface area (Å²) in [5, 5.41) is 0.133. The lowest BCUT2D eigenvalue weighted by atomic mass is 10.1. The van der Waals surface area contributed by atoms with Gasteiger partial charge in [-0.3, -0.25) is 14.3 Å². The molecule has 0 amide bonds. The maximum Gasteiger partial charge on any atom is 0.427 e. The van der Waals surface area contributed by atoms with E-state index in [1.165, 1.54) is 54.7 Å². The van der Waals surface area contributed by atoms with E-state index in [0.29, 0.717) is 16.9 Å². The van der Waals surface area contributed by atoms with Crippen molar-refractivity contribution in [2.24, 2.45) is 0 Å². The van der Waals surface area contributed by atoms with Gasteiger partial charge >= 0.3 is 11.9 Å². The van der Waals surface area contributed by atoms with Crippen LogP contribution in [0.5, 0.6) is 11.6 Å². The number of benzene rings is 1. The molecule has 0 bridgehead atoms. The molecule has 1 aromatic carbocycles. The van der Waals surface area contributed by atoms with E-state index in [2.05, 4.69) is 15.0 Å². The Labute approximate surface area is 232 Å². The molecule has 0 N–H and O–H groups in total. The Hall–Kier alpha value is -4.49. The van der Waals surface area contributed by atoms with E-state index >= 15 is 0 Å². The number of hydrogen-bond acceptors (Lipinski definition) is 8. The summed E-state index contributed by atoms with van der Waals surface area (Å²) in [6, 6.07) is 10.6. The van der Waals surface area contributed by atoms with Crippen LogP contribution in [0.1, 0.15) is 10.6 Å². The highest BCUT2D eigenvalue weighted by Gasteiger charge is 2.36. The van der Waals surface area contributed by atoms with Crippen LogP contribution in [0.2, 0.25) is 5.02 Å². The highest BCUT2D eigenvalue weighted by Crippen LogP contribution is 2.35.